The first-order valence-corrected chi connectivity index (χ1v) is 9.48. The van der Waals surface area contributed by atoms with E-state index in [2.05, 4.69) is 44.6 Å². The maximum Gasteiger partial charge on any atom is 0.193 e. The third kappa shape index (κ3) is 5.88. The molecular formula is C18H26IN5OS. The molecule has 1 unspecified atom stereocenters. The molecule has 0 bridgehead atoms. The van der Waals surface area contributed by atoms with Crippen LogP contribution in [0.3, 0.4) is 0 Å². The van der Waals surface area contributed by atoms with E-state index in [0.717, 1.165) is 36.9 Å². The molecule has 0 radical (unpaired) electrons. The average Bonchev–Trinajstić information content (AvgIpc) is 3.09. The van der Waals surface area contributed by atoms with E-state index in [-0.39, 0.29) is 30.1 Å². The number of morpholine rings is 1. The summed E-state index contributed by atoms with van der Waals surface area (Å²) in [6, 6.07) is 10.5. The number of nitrogens with one attached hydrogen (secondary N) is 1. The van der Waals surface area contributed by atoms with Crippen LogP contribution in [0.25, 0.3) is 0 Å². The van der Waals surface area contributed by atoms with Crippen LogP contribution in [-0.4, -0.2) is 59.7 Å². The van der Waals surface area contributed by atoms with Gasteiger partial charge in [0.05, 0.1) is 19.3 Å². The molecule has 1 aromatic carbocycles. The summed E-state index contributed by atoms with van der Waals surface area (Å²) in [7, 11) is 3.76. The fraction of sp³-hybridized carbons (Fsp3) is 0.444. The smallest absolute Gasteiger partial charge is 0.193 e. The van der Waals surface area contributed by atoms with E-state index in [1.165, 1.54) is 4.90 Å². The minimum atomic E-state index is 0. The third-order valence-corrected chi connectivity index (χ3v) is 5.09. The van der Waals surface area contributed by atoms with Gasteiger partial charge >= 0.3 is 0 Å². The lowest BCUT2D eigenvalue weighted by Gasteiger charge is -2.34. The van der Waals surface area contributed by atoms with Gasteiger partial charge in [-0.2, -0.15) is 5.10 Å². The Labute approximate surface area is 176 Å². The van der Waals surface area contributed by atoms with Gasteiger partial charge in [-0.15, -0.1) is 35.7 Å². The summed E-state index contributed by atoms with van der Waals surface area (Å²) in [5, 5.41) is 7.71. The van der Waals surface area contributed by atoms with Gasteiger partial charge in [-0.25, -0.2) is 0 Å². The first-order chi connectivity index (χ1) is 12.3. The molecule has 0 saturated carbocycles. The van der Waals surface area contributed by atoms with Gasteiger partial charge in [0.25, 0.3) is 0 Å². The van der Waals surface area contributed by atoms with Crippen molar-refractivity contribution in [1.82, 2.24) is 20.0 Å². The number of benzene rings is 1. The summed E-state index contributed by atoms with van der Waals surface area (Å²) in [6.45, 7) is 3.21. The molecule has 1 aliphatic rings. The highest BCUT2D eigenvalue weighted by molar-refractivity contribution is 14.0. The van der Waals surface area contributed by atoms with Crippen LogP contribution >= 0.6 is 35.7 Å². The molecule has 1 saturated heterocycles. The number of aromatic nitrogens is 2. The maximum atomic E-state index is 5.90. The van der Waals surface area contributed by atoms with Crippen LogP contribution in [0.2, 0.25) is 0 Å². The molecule has 2 aromatic rings. The number of guanidine groups is 1. The summed E-state index contributed by atoms with van der Waals surface area (Å²) in [4.78, 5) is 7.99. The molecule has 0 aliphatic carbocycles. The second kappa shape index (κ2) is 10.8. The average molecular weight is 487 g/mol. The van der Waals surface area contributed by atoms with Crippen LogP contribution in [0.5, 0.6) is 0 Å². The number of nitrogens with zero attached hydrogens (tertiary/aromatic N) is 4. The minimum Gasteiger partial charge on any atom is -0.370 e. The lowest BCUT2D eigenvalue weighted by atomic mass is 10.1. The zero-order valence-electron chi connectivity index (χ0n) is 15.2. The first-order valence-electron chi connectivity index (χ1n) is 8.50. The zero-order chi connectivity index (χ0) is 17.5. The Morgan fingerprint density at radius 2 is 2.19 bits per heavy atom. The molecule has 142 valence electrons. The van der Waals surface area contributed by atoms with Crippen molar-refractivity contribution >= 4 is 41.7 Å². The topological polar surface area (TPSA) is 54.7 Å². The Hall–Kier alpha value is -1.26. The Bertz CT molecular complexity index is 694. The van der Waals surface area contributed by atoms with Gasteiger partial charge in [0.15, 0.2) is 5.96 Å². The van der Waals surface area contributed by atoms with Gasteiger partial charge in [0.1, 0.15) is 6.10 Å². The van der Waals surface area contributed by atoms with Crippen molar-refractivity contribution < 1.29 is 4.74 Å². The summed E-state index contributed by atoms with van der Waals surface area (Å²) >= 11 is 1.85. The van der Waals surface area contributed by atoms with E-state index < -0.39 is 0 Å². The summed E-state index contributed by atoms with van der Waals surface area (Å²) in [5.74, 6) is 1.94. The maximum absolute atomic E-state index is 5.90. The predicted octanol–water partition coefficient (Wildman–Crippen LogP) is 2.78. The second-order valence-electron chi connectivity index (χ2n) is 5.89. The third-order valence-electron chi connectivity index (χ3n) is 4.07. The van der Waals surface area contributed by atoms with Gasteiger partial charge < -0.3 is 15.0 Å². The Balaban J connectivity index is 0.00000243. The molecule has 8 heteroatoms. The standard InChI is InChI=1S/C18H25N5OS.HI/c1-19-18(20-8-11-25-16-6-4-3-5-7-16)23-9-10-24-17(14-23)15-12-21-22(2)13-15;/h3-7,12-13,17H,8-11,14H2,1-2H3,(H,19,20);1H. The van der Waals surface area contributed by atoms with Crippen molar-refractivity contribution in [3.8, 4) is 0 Å². The van der Waals surface area contributed by atoms with Crippen molar-refractivity contribution in [3.63, 3.8) is 0 Å². The molecular weight excluding hydrogens is 461 g/mol. The number of thioether (sulfide) groups is 1. The second-order valence-corrected chi connectivity index (χ2v) is 7.06. The van der Waals surface area contributed by atoms with Crippen LogP contribution in [0, 0.1) is 0 Å². The van der Waals surface area contributed by atoms with Crippen molar-refractivity contribution in [2.24, 2.45) is 12.0 Å². The van der Waals surface area contributed by atoms with Gasteiger partial charge in [0, 0.05) is 49.6 Å². The molecule has 3 rings (SSSR count). The number of hydrogen-bond donors (Lipinski definition) is 1. The number of ether oxygens (including phenoxy) is 1. The molecule has 26 heavy (non-hydrogen) atoms. The van der Waals surface area contributed by atoms with Crippen molar-refractivity contribution in [3.05, 3.63) is 48.3 Å². The van der Waals surface area contributed by atoms with Crippen molar-refractivity contribution in [2.45, 2.75) is 11.0 Å². The van der Waals surface area contributed by atoms with E-state index in [1.807, 2.05) is 49.0 Å². The van der Waals surface area contributed by atoms with E-state index in [4.69, 9.17) is 4.74 Å². The lowest BCUT2D eigenvalue weighted by Crippen LogP contribution is -2.48. The van der Waals surface area contributed by atoms with Gasteiger partial charge in [0.2, 0.25) is 0 Å². The van der Waals surface area contributed by atoms with Crippen LogP contribution in [0.4, 0.5) is 0 Å². The lowest BCUT2D eigenvalue weighted by molar-refractivity contribution is -0.00798. The Morgan fingerprint density at radius 1 is 1.38 bits per heavy atom. The minimum absolute atomic E-state index is 0. The van der Waals surface area contributed by atoms with Crippen LogP contribution < -0.4 is 5.32 Å². The summed E-state index contributed by atoms with van der Waals surface area (Å²) < 4.78 is 7.71. The highest BCUT2D eigenvalue weighted by atomic mass is 127. The highest BCUT2D eigenvalue weighted by Gasteiger charge is 2.24. The molecule has 1 N–H and O–H groups in total. The number of rotatable bonds is 5. The molecule has 1 fully saturated rings. The van der Waals surface area contributed by atoms with Crippen LogP contribution in [-0.2, 0) is 11.8 Å². The quantitative estimate of drug-likeness (QED) is 0.231. The zero-order valence-corrected chi connectivity index (χ0v) is 18.3. The molecule has 2 heterocycles. The fourth-order valence-electron chi connectivity index (χ4n) is 2.83. The molecule has 1 aromatic heterocycles. The Kier molecular flexibility index (Phi) is 8.73. The van der Waals surface area contributed by atoms with Crippen molar-refractivity contribution in [1.29, 1.82) is 0 Å². The molecule has 0 spiro atoms. The van der Waals surface area contributed by atoms with Gasteiger partial charge in [-0.3, -0.25) is 9.67 Å². The highest BCUT2D eigenvalue weighted by Crippen LogP contribution is 2.21. The fourth-order valence-corrected chi connectivity index (χ4v) is 3.62. The number of aliphatic imine (C=N–C) groups is 1. The number of aryl methyl sites for hydroxylation is 1. The monoisotopic (exact) mass is 487 g/mol. The largest absolute Gasteiger partial charge is 0.370 e. The number of halogens is 1. The Morgan fingerprint density at radius 3 is 2.88 bits per heavy atom. The predicted molar refractivity (Wildman–Crippen MR) is 117 cm³/mol. The normalized spacial score (nSPS) is 17.7. The first kappa shape index (κ1) is 21.0. The van der Waals surface area contributed by atoms with Crippen LogP contribution in [0.1, 0.15) is 11.7 Å². The molecule has 1 aliphatic heterocycles. The van der Waals surface area contributed by atoms with E-state index in [9.17, 15) is 0 Å². The van der Waals surface area contributed by atoms with E-state index in [0.29, 0.717) is 6.61 Å². The SMILES string of the molecule is CN=C(NCCSc1ccccc1)N1CCOC(c2cnn(C)c2)C1.I. The molecule has 1 atom stereocenters. The number of hydrogen-bond acceptors (Lipinski definition) is 4. The van der Waals surface area contributed by atoms with Gasteiger partial charge in [-0.05, 0) is 12.1 Å². The summed E-state index contributed by atoms with van der Waals surface area (Å²) in [5.41, 5.74) is 1.11. The van der Waals surface area contributed by atoms with E-state index in [1.54, 1.807) is 0 Å². The molecule has 0 amide bonds. The van der Waals surface area contributed by atoms with Gasteiger partial charge in [-0.1, -0.05) is 18.2 Å². The summed E-state index contributed by atoms with van der Waals surface area (Å²) in [6.07, 6.45) is 3.93. The molecule has 6 nitrogen and oxygen atoms in total. The van der Waals surface area contributed by atoms with E-state index >= 15 is 0 Å². The van der Waals surface area contributed by atoms with Crippen molar-refractivity contribution in [2.75, 3.05) is 39.0 Å². The van der Waals surface area contributed by atoms with Crippen LogP contribution in [0.15, 0.2) is 52.6 Å².